The maximum atomic E-state index is 5.14. The van der Waals surface area contributed by atoms with Crippen molar-refractivity contribution in [3.05, 3.63) is 11.4 Å². The predicted molar refractivity (Wildman–Crippen MR) is 79.8 cm³/mol. The molecule has 5 heteroatoms. The van der Waals surface area contributed by atoms with E-state index in [9.17, 15) is 0 Å². The monoisotopic (exact) mass is 266 g/mol. The van der Waals surface area contributed by atoms with Gasteiger partial charge in [-0.1, -0.05) is 13.8 Å². The number of anilines is 2. The third kappa shape index (κ3) is 5.03. The molecule has 1 rings (SSSR count). The van der Waals surface area contributed by atoms with Crippen LogP contribution in [0.5, 0.6) is 0 Å². The topological polar surface area (TPSA) is 59.1 Å². The minimum atomic E-state index is 0.451. The zero-order valence-corrected chi connectivity index (χ0v) is 12.7. The number of methoxy groups -OCH3 is 1. The van der Waals surface area contributed by atoms with Gasteiger partial charge in [-0.15, -0.1) is 0 Å². The fourth-order valence-corrected chi connectivity index (χ4v) is 1.83. The number of ether oxygens (including phenoxy) is 1. The Bertz CT molecular complexity index is 395. The van der Waals surface area contributed by atoms with E-state index in [1.807, 2.05) is 13.8 Å². The Labute approximate surface area is 116 Å². The van der Waals surface area contributed by atoms with Gasteiger partial charge in [0.15, 0.2) is 0 Å². The molecule has 1 atom stereocenters. The van der Waals surface area contributed by atoms with E-state index in [-0.39, 0.29) is 0 Å². The Kier molecular flexibility index (Phi) is 6.56. The number of hydrogen-bond donors (Lipinski definition) is 2. The molecule has 0 spiro atoms. The van der Waals surface area contributed by atoms with E-state index in [1.54, 1.807) is 7.11 Å². The predicted octanol–water partition coefficient (Wildman–Crippen LogP) is 2.61. The molecule has 1 unspecified atom stereocenters. The second-order valence-electron chi connectivity index (χ2n) is 4.96. The SMILES string of the molecule is CCCNc1nc(C)nc(NCC(C)COC)c1C. The third-order valence-corrected chi connectivity index (χ3v) is 2.87. The summed E-state index contributed by atoms with van der Waals surface area (Å²) in [5, 5.41) is 6.72. The van der Waals surface area contributed by atoms with Crippen LogP contribution >= 0.6 is 0 Å². The molecule has 0 radical (unpaired) electrons. The molecule has 2 N–H and O–H groups in total. The van der Waals surface area contributed by atoms with Crippen molar-refractivity contribution >= 4 is 11.6 Å². The van der Waals surface area contributed by atoms with Crippen molar-refractivity contribution in [2.75, 3.05) is 37.4 Å². The van der Waals surface area contributed by atoms with Crippen molar-refractivity contribution < 1.29 is 4.74 Å². The van der Waals surface area contributed by atoms with Gasteiger partial charge in [0.2, 0.25) is 0 Å². The first kappa shape index (κ1) is 15.7. The summed E-state index contributed by atoms with van der Waals surface area (Å²) in [7, 11) is 1.73. The molecule has 0 saturated heterocycles. The van der Waals surface area contributed by atoms with Crippen LogP contribution in [0, 0.1) is 19.8 Å². The Morgan fingerprint density at radius 3 is 2.37 bits per heavy atom. The Morgan fingerprint density at radius 1 is 1.16 bits per heavy atom. The molecule has 19 heavy (non-hydrogen) atoms. The maximum Gasteiger partial charge on any atom is 0.134 e. The van der Waals surface area contributed by atoms with Gasteiger partial charge in [-0.05, 0) is 26.2 Å². The van der Waals surface area contributed by atoms with Gasteiger partial charge in [-0.3, -0.25) is 0 Å². The summed E-state index contributed by atoms with van der Waals surface area (Å²) >= 11 is 0. The molecule has 0 aliphatic rings. The van der Waals surface area contributed by atoms with Crippen molar-refractivity contribution in [2.24, 2.45) is 5.92 Å². The molecule has 0 amide bonds. The lowest BCUT2D eigenvalue weighted by molar-refractivity contribution is 0.164. The molecule has 0 bridgehead atoms. The molecule has 1 aromatic rings. The average molecular weight is 266 g/mol. The van der Waals surface area contributed by atoms with Gasteiger partial charge >= 0.3 is 0 Å². The number of aromatic nitrogens is 2. The zero-order chi connectivity index (χ0) is 14.3. The van der Waals surface area contributed by atoms with E-state index in [2.05, 4.69) is 34.4 Å². The van der Waals surface area contributed by atoms with Gasteiger partial charge < -0.3 is 15.4 Å². The minimum absolute atomic E-state index is 0.451. The third-order valence-electron chi connectivity index (χ3n) is 2.87. The Balaban J connectivity index is 2.74. The van der Waals surface area contributed by atoms with Gasteiger partial charge in [-0.25, -0.2) is 9.97 Å². The van der Waals surface area contributed by atoms with E-state index in [4.69, 9.17) is 4.74 Å². The highest BCUT2D eigenvalue weighted by Gasteiger charge is 2.09. The van der Waals surface area contributed by atoms with Crippen LogP contribution in [0.2, 0.25) is 0 Å². The lowest BCUT2D eigenvalue weighted by Gasteiger charge is -2.16. The lowest BCUT2D eigenvalue weighted by atomic mass is 10.2. The maximum absolute atomic E-state index is 5.14. The van der Waals surface area contributed by atoms with Gasteiger partial charge in [-0.2, -0.15) is 0 Å². The fraction of sp³-hybridized carbons (Fsp3) is 0.714. The molecule has 0 aromatic carbocycles. The van der Waals surface area contributed by atoms with Crippen molar-refractivity contribution in [3.63, 3.8) is 0 Å². The largest absolute Gasteiger partial charge is 0.384 e. The number of nitrogens with zero attached hydrogens (tertiary/aromatic N) is 2. The number of aryl methyl sites for hydroxylation is 1. The molecular weight excluding hydrogens is 240 g/mol. The summed E-state index contributed by atoms with van der Waals surface area (Å²) < 4.78 is 5.14. The first-order valence-electron chi connectivity index (χ1n) is 6.90. The van der Waals surface area contributed by atoms with E-state index >= 15 is 0 Å². The Morgan fingerprint density at radius 2 is 1.79 bits per heavy atom. The molecule has 1 heterocycles. The van der Waals surface area contributed by atoms with Gasteiger partial charge in [0.25, 0.3) is 0 Å². The first-order valence-corrected chi connectivity index (χ1v) is 6.90. The number of hydrogen-bond acceptors (Lipinski definition) is 5. The second-order valence-corrected chi connectivity index (χ2v) is 4.96. The molecule has 108 valence electrons. The zero-order valence-electron chi connectivity index (χ0n) is 12.7. The standard InChI is InChI=1S/C14H26N4O/c1-6-7-15-13-11(3)14(18-12(4)17-13)16-8-10(2)9-19-5/h10H,6-9H2,1-5H3,(H2,15,16,17,18). The van der Waals surface area contributed by atoms with Crippen LogP contribution in [0.15, 0.2) is 0 Å². The van der Waals surface area contributed by atoms with Crippen LogP contribution in [-0.2, 0) is 4.74 Å². The quantitative estimate of drug-likeness (QED) is 0.757. The van der Waals surface area contributed by atoms with Crippen LogP contribution in [0.4, 0.5) is 11.6 Å². The molecule has 1 aromatic heterocycles. The van der Waals surface area contributed by atoms with Gasteiger partial charge in [0.1, 0.15) is 17.5 Å². The van der Waals surface area contributed by atoms with Gasteiger partial charge in [0.05, 0.1) is 6.61 Å². The summed E-state index contributed by atoms with van der Waals surface area (Å²) in [6.07, 6.45) is 1.08. The van der Waals surface area contributed by atoms with E-state index < -0.39 is 0 Å². The fourth-order valence-electron chi connectivity index (χ4n) is 1.83. The molecule has 0 aliphatic carbocycles. The summed E-state index contributed by atoms with van der Waals surface area (Å²) in [5.41, 5.74) is 1.07. The number of nitrogens with one attached hydrogen (secondary N) is 2. The molecule has 0 saturated carbocycles. The van der Waals surface area contributed by atoms with E-state index in [0.29, 0.717) is 5.92 Å². The highest BCUT2D eigenvalue weighted by molar-refractivity contribution is 5.57. The highest BCUT2D eigenvalue weighted by atomic mass is 16.5. The van der Waals surface area contributed by atoms with Crippen molar-refractivity contribution in [1.29, 1.82) is 0 Å². The average Bonchev–Trinajstić information content (AvgIpc) is 2.38. The van der Waals surface area contributed by atoms with Crippen LogP contribution < -0.4 is 10.6 Å². The van der Waals surface area contributed by atoms with E-state index in [0.717, 1.165) is 49.1 Å². The van der Waals surface area contributed by atoms with Crippen LogP contribution in [0.3, 0.4) is 0 Å². The summed E-state index contributed by atoms with van der Waals surface area (Å²) in [6.45, 7) is 10.8. The smallest absolute Gasteiger partial charge is 0.134 e. The number of rotatable bonds is 8. The van der Waals surface area contributed by atoms with Crippen LogP contribution in [0.25, 0.3) is 0 Å². The van der Waals surface area contributed by atoms with Crippen molar-refractivity contribution in [2.45, 2.75) is 34.1 Å². The van der Waals surface area contributed by atoms with Gasteiger partial charge in [0, 0.05) is 25.8 Å². The van der Waals surface area contributed by atoms with Crippen molar-refractivity contribution in [3.8, 4) is 0 Å². The molecule has 0 fully saturated rings. The molecular formula is C14H26N4O. The van der Waals surface area contributed by atoms with E-state index in [1.165, 1.54) is 0 Å². The first-order chi connectivity index (χ1) is 9.08. The normalized spacial score (nSPS) is 12.3. The second kappa shape index (κ2) is 7.94. The highest BCUT2D eigenvalue weighted by Crippen LogP contribution is 2.20. The van der Waals surface area contributed by atoms with Crippen LogP contribution in [0.1, 0.15) is 31.7 Å². The van der Waals surface area contributed by atoms with Crippen LogP contribution in [-0.4, -0.2) is 36.8 Å². The molecule has 5 nitrogen and oxygen atoms in total. The Hall–Kier alpha value is -1.36. The summed E-state index contributed by atoms with van der Waals surface area (Å²) in [6, 6.07) is 0. The molecule has 0 aliphatic heterocycles. The van der Waals surface area contributed by atoms with Crippen molar-refractivity contribution in [1.82, 2.24) is 9.97 Å². The minimum Gasteiger partial charge on any atom is -0.384 e. The summed E-state index contributed by atoms with van der Waals surface area (Å²) in [4.78, 5) is 8.92. The summed E-state index contributed by atoms with van der Waals surface area (Å²) in [5.74, 6) is 3.07. The lowest BCUT2D eigenvalue weighted by Crippen LogP contribution is -2.18.